The Bertz CT molecular complexity index is 410. The van der Waals surface area contributed by atoms with Crippen molar-refractivity contribution in [2.24, 2.45) is 0 Å². The molecule has 18 heavy (non-hydrogen) atoms. The molecule has 0 unspecified atom stereocenters. The van der Waals surface area contributed by atoms with Crippen LogP contribution in [0.3, 0.4) is 0 Å². The van der Waals surface area contributed by atoms with Crippen molar-refractivity contribution in [3.63, 3.8) is 0 Å². The molecule has 1 fully saturated rings. The maximum Gasteiger partial charge on any atom is 0.318 e. The molecule has 0 radical (unpaired) electrons. The van der Waals surface area contributed by atoms with Gasteiger partial charge >= 0.3 is 6.01 Å². The molecule has 0 aliphatic heterocycles. The second-order valence-electron chi connectivity index (χ2n) is 4.50. The summed E-state index contributed by atoms with van der Waals surface area (Å²) in [5.74, 6) is 0.656. The second kappa shape index (κ2) is 5.97. The van der Waals surface area contributed by atoms with Gasteiger partial charge < -0.3 is 10.1 Å². The van der Waals surface area contributed by atoms with E-state index in [1.807, 2.05) is 11.8 Å². The molecule has 1 aliphatic rings. The van der Waals surface area contributed by atoms with Gasteiger partial charge in [-0.25, -0.2) is 4.98 Å². The highest BCUT2D eigenvalue weighted by Crippen LogP contribution is 2.40. The minimum absolute atomic E-state index is 0.321. The van der Waals surface area contributed by atoms with Gasteiger partial charge in [-0.1, -0.05) is 24.4 Å². The Balaban J connectivity index is 2.05. The SMILES string of the molecule is COc1ncc(Cl)c(NCC2(SC)CCCC2)n1. The topological polar surface area (TPSA) is 47.0 Å². The van der Waals surface area contributed by atoms with Crippen molar-refractivity contribution in [2.75, 3.05) is 25.2 Å². The standard InChI is InChI=1S/C12H18ClN3OS/c1-17-11-14-7-9(13)10(16-11)15-8-12(18-2)5-3-4-6-12/h7H,3-6,8H2,1-2H3,(H,14,15,16). The number of nitrogens with one attached hydrogen (secondary N) is 1. The summed E-state index contributed by atoms with van der Waals surface area (Å²) >= 11 is 8.01. The lowest BCUT2D eigenvalue weighted by molar-refractivity contribution is 0.380. The normalized spacial score (nSPS) is 17.7. The van der Waals surface area contributed by atoms with Gasteiger partial charge in [0.05, 0.1) is 13.3 Å². The van der Waals surface area contributed by atoms with Gasteiger partial charge in [0.15, 0.2) is 5.82 Å². The van der Waals surface area contributed by atoms with Crippen LogP contribution in [0.5, 0.6) is 6.01 Å². The number of anilines is 1. The first kappa shape index (κ1) is 13.7. The van der Waals surface area contributed by atoms with E-state index in [1.165, 1.54) is 25.7 Å². The average molecular weight is 288 g/mol. The predicted octanol–water partition coefficient (Wildman–Crippen LogP) is 3.23. The Kier molecular flexibility index (Phi) is 4.56. The smallest absolute Gasteiger partial charge is 0.318 e. The van der Waals surface area contributed by atoms with Crippen LogP contribution in [0.15, 0.2) is 6.20 Å². The Morgan fingerprint density at radius 3 is 2.83 bits per heavy atom. The monoisotopic (exact) mass is 287 g/mol. The number of methoxy groups -OCH3 is 1. The van der Waals surface area contributed by atoms with Crippen molar-refractivity contribution in [1.29, 1.82) is 0 Å². The Labute approximate surface area is 117 Å². The van der Waals surface area contributed by atoms with Crippen molar-refractivity contribution in [3.05, 3.63) is 11.2 Å². The molecule has 1 saturated carbocycles. The molecule has 0 spiro atoms. The van der Waals surface area contributed by atoms with Crippen LogP contribution >= 0.6 is 23.4 Å². The summed E-state index contributed by atoms with van der Waals surface area (Å²) < 4.78 is 5.33. The number of hydrogen-bond acceptors (Lipinski definition) is 5. The first-order valence-corrected chi connectivity index (χ1v) is 7.65. The molecule has 6 heteroatoms. The zero-order chi connectivity index (χ0) is 13.0. The summed E-state index contributed by atoms with van der Waals surface area (Å²) in [5.41, 5.74) is 0. The summed E-state index contributed by atoms with van der Waals surface area (Å²) in [6, 6.07) is 0.339. The third-order valence-corrected chi connectivity index (χ3v) is 5.13. The summed E-state index contributed by atoms with van der Waals surface area (Å²) in [7, 11) is 1.55. The first-order valence-electron chi connectivity index (χ1n) is 6.05. The van der Waals surface area contributed by atoms with Crippen molar-refractivity contribution in [1.82, 2.24) is 9.97 Å². The number of ether oxygens (including phenoxy) is 1. The van der Waals surface area contributed by atoms with Crippen molar-refractivity contribution in [2.45, 2.75) is 30.4 Å². The fourth-order valence-corrected chi connectivity index (χ4v) is 3.36. The fourth-order valence-electron chi connectivity index (χ4n) is 2.29. The van der Waals surface area contributed by atoms with Gasteiger partial charge in [0, 0.05) is 11.3 Å². The number of rotatable bonds is 5. The number of halogens is 1. The molecule has 0 amide bonds. The van der Waals surface area contributed by atoms with Crippen molar-refractivity contribution >= 4 is 29.2 Å². The molecule has 100 valence electrons. The van der Waals surface area contributed by atoms with Gasteiger partial charge in [-0.15, -0.1) is 0 Å². The van der Waals surface area contributed by atoms with Crippen LogP contribution in [-0.4, -0.2) is 34.6 Å². The van der Waals surface area contributed by atoms with E-state index in [0.717, 1.165) is 6.54 Å². The zero-order valence-electron chi connectivity index (χ0n) is 10.7. The highest BCUT2D eigenvalue weighted by molar-refractivity contribution is 8.00. The van der Waals surface area contributed by atoms with E-state index >= 15 is 0 Å². The lowest BCUT2D eigenvalue weighted by atomic mass is 10.1. The third kappa shape index (κ3) is 3.01. The molecular weight excluding hydrogens is 270 g/mol. The van der Waals surface area contributed by atoms with Crippen LogP contribution in [0, 0.1) is 0 Å². The molecular formula is C12H18ClN3OS. The van der Waals surface area contributed by atoms with E-state index in [1.54, 1.807) is 13.3 Å². The second-order valence-corrected chi connectivity index (χ2v) is 6.18. The summed E-state index contributed by atoms with van der Waals surface area (Å²) in [4.78, 5) is 8.20. The molecule has 1 aromatic rings. The Morgan fingerprint density at radius 1 is 1.50 bits per heavy atom. The summed E-state index contributed by atoms with van der Waals surface area (Å²) in [6.07, 6.45) is 8.86. The van der Waals surface area contributed by atoms with Crippen molar-refractivity contribution in [3.8, 4) is 6.01 Å². The number of nitrogens with zero attached hydrogens (tertiary/aromatic N) is 2. The van der Waals surface area contributed by atoms with Crippen LogP contribution in [-0.2, 0) is 0 Å². The maximum absolute atomic E-state index is 6.08. The molecule has 0 aromatic carbocycles. The van der Waals surface area contributed by atoms with Crippen LogP contribution in [0.2, 0.25) is 5.02 Å². The summed E-state index contributed by atoms with van der Waals surface area (Å²) in [6.45, 7) is 0.883. The van der Waals surface area contributed by atoms with Gasteiger partial charge in [0.1, 0.15) is 5.02 Å². The third-order valence-electron chi connectivity index (χ3n) is 3.43. The van der Waals surface area contributed by atoms with Crippen molar-refractivity contribution < 1.29 is 4.74 Å². The van der Waals surface area contributed by atoms with E-state index < -0.39 is 0 Å². The number of aromatic nitrogens is 2. The molecule has 1 heterocycles. The van der Waals surface area contributed by atoms with Gasteiger partial charge in [0.2, 0.25) is 0 Å². The Hall–Kier alpha value is -0.680. The number of thioether (sulfide) groups is 1. The largest absolute Gasteiger partial charge is 0.467 e. The van der Waals surface area contributed by atoms with E-state index in [2.05, 4.69) is 21.5 Å². The minimum atomic E-state index is 0.321. The molecule has 2 rings (SSSR count). The lowest BCUT2D eigenvalue weighted by Gasteiger charge is -2.27. The van der Waals surface area contributed by atoms with Gasteiger partial charge in [-0.3, -0.25) is 0 Å². The van der Waals surface area contributed by atoms with Crippen LogP contribution in [0.1, 0.15) is 25.7 Å². The van der Waals surface area contributed by atoms with E-state index in [9.17, 15) is 0 Å². The average Bonchev–Trinajstić information content (AvgIpc) is 2.87. The Morgan fingerprint density at radius 2 is 2.22 bits per heavy atom. The van der Waals surface area contributed by atoms with Crippen LogP contribution < -0.4 is 10.1 Å². The van der Waals surface area contributed by atoms with Crippen LogP contribution in [0.4, 0.5) is 5.82 Å². The molecule has 4 nitrogen and oxygen atoms in total. The van der Waals surface area contributed by atoms with Gasteiger partial charge in [-0.05, 0) is 19.1 Å². The zero-order valence-corrected chi connectivity index (χ0v) is 12.3. The minimum Gasteiger partial charge on any atom is -0.467 e. The molecule has 0 bridgehead atoms. The molecule has 0 saturated heterocycles. The van der Waals surface area contributed by atoms with Gasteiger partial charge in [0.25, 0.3) is 0 Å². The predicted molar refractivity (Wildman–Crippen MR) is 76.8 cm³/mol. The molecule has 1 aromatic heterocycles. The lowest BCUT2D eigenvalue weighted by Crippen LogP contribution is -2.30. The highest BCUT2D eigenvalue weighted by Gasteiger charge is 2.32. The maximum atomic E-state index is 6.08. The first-order chi connectivity index (χ1) is 8.69. The van der Waals surface area contributed by atoms with E-state index in [-0.39, 0.29) is 0 Å². The molecule has 0 atom stereocenters. The van der Waals surface area contributed by atoms with E-state index in [4.69, 9.17) is 16.3 Å². The van der Waals surface area contributed by atoms with E-state index in [0.29, 0.717) is 21.6 Å². The highest BCUT2D eigenvalue weighted by atomic mass is 35.5. The number of hydrogen-bond donors (Lipinski definition) is 1. The van der Waals surface area contributed by atoms with Gasteiger partial charge in [-0.2, -0.15) is 16.7 Å². The summed E-state index contributed by atoms with van der Waals surface area (Å²) in [5, 5.41) is 3.87. The molecule has 1 N–H and O–H groups in total. The van der Waals surface area contributed by atoms with Crippen LogP contribution in [0.25, 0.3) is 0 Å². The fraction of sp³-hybridized carbons (Fsp3) is 0.667. The molecule has 1 aliphatic carbocycles. The quantitative estimate of drug-likeness (QED) is 0.901.